The van der Waals surface area contributed by atoms with Crippen LogP contribution < -0.4 is 15.0 Å². The van der Waals surface area contributed by atoms with Crippen LogP contribution in [0.25, 0.3) is 6.08 Å². The number of ether oxygens (including phenoxy) is 1. The van der Waals surface area contributed by atoms with Crippen molar-refractivity contribution < 1.29 is 14.3 Å². The molecule has 0 unspecified atom stereocenters. The normalized spacial score (nSPS) is 13.8. The Labute approximate surface area is 166 Å². The maximum absolute atomic E-state index is 12.3. The van der Waals surface area contributed by atoms with Gasteiger partial charge in [-0.15, -0.1) is 0 Å². The smallest absolute Gasteiger partial charge is 0.248 e. The Balaban J connectivity index is 1.65. The number of benzene rings is 2. The van der Waals surface area contributed by atoms with Crippen molar-refractivity contribution in [2.45, 2.75) is 26.2 Å². The Kier molecular flexibility index (Phi) is 5.83. The number of hydrogen-bond donors (Lipinski definition) is 1. The highest BCUT2D eigenvalue weighted by molar-refractivity contribution is 6.02. The van der Waals surface area contributed by atoms with E-state index in [0.717, 1.165) is 17.5 Å². The molecule has 5 nitrogen and oxygen atoms in total. The topological polar surface area (TPSA) is 58.6 Å². The van der Waals surface area contributed by atoms with Gasteiger partial charge in [-0.1, -0.05) is 45.0 Å². The first-order chi connectivity index (χ1) is 13.4. The van der Waals surface area contributed by atoms with Crippen molar-refractivity contribution in [1.29, 1.82) is 0 Å². The lowest BCUT2D eigenvalue weighted by molar-refractivity contribution is -0.112. The lowest BCUT2D eigenvalue weighted by Gasteiger charge is -2.29. The van der Waals surface area contributed by atoms with Crippen molar-refractivity contribution in [3.8, 4) is 5.75 Å². The van der Waals surface area contributed by atoms with Crippen molar-refractivity contribution in [1.82, 2.24) is 0 Å². The molecule has 2 aromatic rings. The summed E-state index contributed by atoms with van der Waals surface area (Å²) in [7, 11) is 0. The molecule has 0 spiro atoms. The minimum absolute atomic E-state index is 0.107. The van der Waals surface area contributed by atoms with Gasteiger partial charge in [0.05, 0.1) is 18.8 Å². The van der Waals surface area contributed by atoms with Gasteiger partial charge in [-0.25, -0.2) is 0 Å². The Morgan fingerprint density at radius 2 is 1.93 bits per heavy atom. The number of carbonyl (C=O) groups is 2. The number of amides is 1. The molecule has 1 aliphatic heterocycles. The van der Waals surface area contributed by atoms with E-state index in [1.54, 1.807) is 12.1 Å². The van der Waals surface area contributed by atoms with E-state index in [0.29, 0.717) is 31.1 Å². The van der Waals surface area contributed by atoms with Gasteiger partial charge >= 0.3 is 0 Å². The van der Waals surface area contributed by atoms with Crippen LogP contribution in [-0.4, -0.2) is 31.9 Å². The lowest BCUT2D eigenvalue weighted by atomic mass is 9.87. The predicted molar refractivity (Wildman–Crippen MR) is 113 cm³/mol. The molecule has 28 heavy (non-hydrogen) atoms. The number of fused-ring (bicyclic) bond motifs is 1. The second-order valence-electron chi connectivity index (χ2n) is 7.84. The van der Waals surface area contributed by atoms with Gasteiger partial charge in [0.25, 0.3) is 0 Å². The maximum Gasteiger partial charge on any atom is 0.248 e. The van der Waals surface area contributed by atoms with E-state index in [1.165, 1.54) is 11.6 Å². The number of nitrogens with one attached hydrogen (secondary N) is 1. The molecule has 1 amide bonds. The monoisotopic (exact) mass is 378 g/mol. The molecule has 0 atom stereocenters. The number of aldehydes is 1. The van der Waals surface area contributed by atoms with E-state index in [1.807, 2.05) is 29.2 Å². The van der Waals surface area contributed by atoms with E-state index in [9.17, 15) is 9.59 Å². The Hall–Kier alpha value is -3.08. The number of hydrogen-bond acceptors (Lipinski definition) is 4. The Bertz CT molecular complexity index is 880. The Morgan fingerprint density at radius 1 is 1.18 bits per heavy atom. The van der Waals surface area contributed by atoms with Gasteiger partial charge in [0.1, 0.15) is 18.6 Å². The molecular formula is C23H26N2O3. The predicted octanol–water partition coefficient (Wildman–Crippen LogP) is 4.03. The van der Waals surface area contributed by atoms with Crippen LogP contribution in [-0.2, 0) is 15.0 Å². The zero-order valence-corrected chi connectivity index (χ0v) is 16.6. The van der Waals surface area contributed by atoms with Crippen molar-refractivity contribution in [3.63, 3.8) is 0 Å². The lowest BCUT2D eigenvalue weighted by Crippen LogP contribution is -2.34. The zero-order chi connectivity index (χ0) is 20.1. The summed E-state index contributed by atoms with van der Waals surface area (Å²) in [5, 5.41) is 2.85. The van der Waals surface area contributed by atoms with Crippen LogP contribution in [0.5, 0.6) is 5.75 Å². The van der Waals surface area contributed by atoms with Gasteiger partial charge in [-0.2, -0.15) is 0 Å². The fourth-order valence-corrected chi connectivity index (χ4v) is 3.08. The van der Waals surface area contributed by atoms with Crippen molar-refractivity contribution in [2.24, 2.45) is 0 Å². The van der Waals surface area contributed by atoms with Gasteiger partial charge in [0.2, 0.25) is 5.91 Å². The maximum atomic E-state index is 12.3. The third-order valence-corrected chi connectivity index (χ3v) is 4.69. The second kappa shape index (κ2) is 8.30. The minimum atomic E-state index is -0.208. The van der Waals surface area contributed by atoms with E-state index in [-0.39, 0.29) is 11.3 Å². The molecule has 0 saturated carbocycles. The zero-order valence-electron chi connectivity index (χ0n) is 16.6. The summed E-state index contributed by atoms with van der Waals surface area (Å²) in [6.07, 6.45) is 4.19. The quantitative estimate of drug-likeness (QED) is 0.630. The summed E-state index contributed by atoms with van der Waals surface area (Å²) in [6.45, 7) is 8.04. The van der Waals surface area contributed by atoms with E-state index >= 15 is 0 Å². The highest BCUT2D eigenvalue weighted by atomic mass is 16.5. The summed E-state index contributed by atoms with van der Waals surface area (Å²) in [5.74, 6) is 0.466. The van der Waals surface area contributed by atoms with Gasteiger partial charge in [-0.05, 0) is 34.8 Å². The molecule has 0 aromatic heterocycles. The van der Waals surface area contributed by atoms with Crippen LogP contribution in [0, 0.1) is 0 Å². The fraction of sp³-hybridized carbons (Fsp3) is 0.304. The first kappa shape index (κ1) is 19.7. The van der Waals surface area contributed by atoms with Crippen LogP contribution in [0.2, 0.25) is 0 Å². The first-order valence-electron chi connectivity index (χ1n) is 9.42. The standard InChI is InChI=1S/C23H26N2O3/c1-23(2,3)18-7-4-17(5-8-18)6-11-22(27)24-19-9-10-20-21(16-19)28-15-13-25(20)12-14-26/h4-11,14,16H,12-13,15H2,1-3H3,(H,24,27)/b11-6+. The first-order valence-corrected chi connectivity index (χ1v) is 9.42. The van der Waals surface area contributed by atoms with Crippen molar-refractivity contribution in [3.05, 3.63) is 59.7 Å². The summed E-state index contributed by atoms with van der Waals surface area (Å²) < 4.78 is 5.66. The average Bonchev–Trinajstić information content (AvgIpc) is 2.66. The minimum Gasteiger partial charge on any atom is -0.489 e. The molecule has 0 aliphatic carbocycles. The van der Waals surface area contributed by atoms with Crippen LogP contribution in [0.3, 0.4) is 0 Å². The molecular weight excluding hydrogens is 352 g/mol. The number of rotatable bonds is 5. The van der Waals surface area contributed by atoms with Gasteiger partial charge in [-0.3, -0.25) is 4.79 Å². The SMILES string of the molecule is CC(C)(C)c1ccc(/C=C/C(=O)Nc2ccc3c(c2)OCCN3CC=O)cc1. The summed E-state index contributed by atoms with van der Waals surface area (Å²) >= 11 is 0. The molecule has 1 N–H and O–H groups in total. The second-order valence-corrected chi connectivity index (χ2v) is 7.84. The number of carbonyl (C=O) groups excluding carboxylic acids is 2. The van der Waals surface area contributed by atoms with Crippen molar-refractivity contribution >= 4 is 29.6 Å². The van der Waals surface area contributed by atoms with Crippen LogP contribution in [0.15, 0.2) is 48.5 Å². The fourth-order valence-electron chi connectivity index (χ4n) is 3.08. The van der Waals surface area contributed by atoms with Crippen molar-refractivity contribution in [2.75, 3.05) is 29.9 Å². The largest absolute Gasteiger partial charge is 0.489 e. The average molecular weight is 378 g/mol. The molecule has 0 bridgehead atoms. The molecule has 1 heterocycles. The highest BCUT2D eigenvalue weighted by Crippen LogP contribution is 2.33. The van der Waals surface area contributed by atoms with Crippen LogP contribution in [0.4, 0.5) is 11.4 Å². The molecule has 146 valence electrons. The van der Waals surface area contributed by atoms with Gasteiger partial charge in [0, 0.05) is 17.8 Å². The van der Waals surface area contributed by atoms with Gasteiger partial charge < -0.3 is 19.7 Å². The summed E-state index contributed by atoms with van der Waals surface area (Å²) in [6, 6.07) is 13.7. The number of nitrogens with zero attached hydrogens (tertiary/aromatic N) is 1. The molecule has 1 aliphatic rings. The number of anilines is 2. The van der Waals surface area contributed by atoms with E-state index < -0.39 is 0 Å². The molecule has 2 aromatic carbocycles. The highest BCUT2D eigenvalue weighted by Gasteiger charge is 2.18. The van der Waals surface area contributed by atoms with E-state index in [4.69, 9.17) is 4.74 Å². The third-order valence-electron chi connectivity index (χ3n) is 4.69. The molecule has 0 fully saturated rings. The molecule has 5 heteroatoms. The van der Waals surface area contributed by atoms with Gasteiger partial charge in [0.15, 0.2) is 0 Å². The van der Waals surface area contributed by atoms with Crippen LogP contribution in [0.1, 0.15) is 31.9 Å². The summed E-state index contributed by atoms with van der Waals surface area (Å²) in [4.78, 5) is 25.0. The summed E-state index contributed by atoms with van der Waals surface area (Å²) in [5.41, 5.74) is 3.86. The third kappa shape index (κ3) is 4.80. The molecule has 3 rings (SSSR count). The Morgan fingerprint density at radius 3 is 2.61 bits per heavy atom. The van der Waals surface area contributed by atoms with E-state index in [2.05, 4.69) is 38.2 Å². The molecule has 0 saturated heterocycles. The molecule has 0 radical (unpaired) electrons. The van der Waals surface area contributed by atoms with Crippen LogP contribution >= 0.6 is 0 Å².